The SMILES string of the molecule is CCC1CCCC(C(N)CCc2ccccn2)C1. The monoisotopic (exact) mass is 246 g/mol. The minimum Gasteiger partial charge on any atom is -0.327 e. The van der Waals surface area contributed by atoms with Gasteiger partial charge in [-0.05, 0) is 49.7 Å². The van der Waals surface area contributed by atoms with Crippen LogP contribution in [0.1, 0.15) is 51.1 Å². The van der Waals surface area contributed by atoms with Gasteiger partial charge in [-0.2, -0.15) is 0 Å². The van der Waals surface area contributed by atoms with E-state index in [4.69, 9.17) is 5.73 Å². The maximum absolute atomic E-state index is 6.39. The van der Waals surface area contributed by atoms with Crippen LogP contribution in [0.5, 0.6) is 0 Å². The zero-order valence-corrected chi connectivity index (χ0v) is 11.5. The molecule has 0 aromatic carbocycles. The average Bonchev–Trinajstić information content (AvgIpc) is 2.46. The van der Waals surface area contributed by atoms with Gasteiger partial charge in [-0.1, -0.05) is 32.3 Å². The molecule has 100 valence electrons. The maximum atomic E-state index is 6.39. The molecule has 3 unspecified atom stereocenters. The molecule has 2 rings (SSSR count). The highest BCUT2D eigenvalue weighted by molar-refractivity contribution is 5.03. The highest BCUT2D eigenvalue weighted by Crippen LogP contribution is 2.33. The number of rotatable bonds is 5. The van der Waals surface area contributed by atoms with Crippen molar-refractivity contribution < 1.29 is 0 Å². The highest BCUT2D eigenvalue weighted by Gasteiger charge is 2.25. The van der Waals surface area contributed by atoms with Gasteiger partial charge in [0.05, 0.1) is 0 Å². The summed E-state index contributed by atoms with van der Waals surface area (Å²) in [6, 6.07) is 6.49. The van der Waals surface area contributed by atoms with Crippen LogP contribution in [0.25, 0.3) is 0 Å². The molecule has 1 aliphatic rings. The van der Waals surface area contributed by atoms with E-state index in [0.717, 1.165) is 24.7 Å². The van der Waals surface area contributed by atoms with E-state index in [2.05, 4.69) is 24.0 Å². The molecule has 2 nitrogen and oxygen atoms in total. The standard InChI is InChI=1S/C16H26N2/c1-2-13-6-5-7-14(12-13)16(17)10-9-15-8-3-4-11-18-15/h3-4,8,11,13-14,16H,2,5-7,9-10,12,17H2,1H3. The fourth-order valence-electron chi connectivity index (χ4n) is 3.19. The van der Waals surface area contributed by atoms with Crippen molar-refractivity contribution in [2.24, 2.45) is 17.6 Å². The van der Waals surface area contributed by atoms with Crippen molar-refractivity contribution in [2.75, 3.05) is 0 Å². The van der Waals surface area contributed by atoms with Crippen LogP contribution in [-0.4, -0.2) is 11.0 Å². The van der Waals surface area contributed by atoms with Crippen LogP contribution in [-0.2, 0) is 6.42 Å². The molecule has 3 atom stereocenters. The Kier molecular flexibility index (Phi) is 5.18. The van der Waals surface area contributed by atoms with Crippen LogP contribution in [0.2, 0.25) is 0 Å². The largest absolute Gasteiger partial charge is 0.327 e. The van der Waals surface area contributed by atoms with Gasteiger partial charge < -0.3 is 5.73 Å². The van der Waals surface area contributed by atoms with Crippen molar-refractivity contribution in [3.8, 4) is 0 Å². The molecule has 0 bridgehead atoms. The van der Waals surface area contributed by atoms with Gasteiger partial charge in [-0.3, -0.25) is 4.98 Å². The van der Waals surface area contributed by atoms with E-state index in [1.807, 2.05) is 12.3 Å². The fourth-order valence-corrected chi connectivity index (χ4v) is 3.19. The lowest BCUT2D eigenvalue weighted by molar-refractivity contribution is 0.224. The van der Waals surface area contributed by atoms with Gasteiger partial charge in [0.25, 0.3) is 0 Å². The van der Waals surface area contributed by atoms with Crippen molar-refractivity contribution >= 4 is 0 Å². The van der Waals surface area contributed by atoms with E-state index in [1.165, 1.54) is 37.8 Å². The molecule has 1 fully saturated rings. The van der Waals surface area contributed by atoms with Gasteiger partial charge in [0, 0.05) is 17.9 Å². The van der Waals surface area contributed by atoms with Crippen LogP contribution < -0.4 is 5.73 Å². The molecule has 1 heterocycles. The summed E-state index contributed by atoms with van der Waals surface area (Å²) >= 11 is 0. The number of pyridine rings is 1. The second kappa shape index (κ2) is 6.89. The molecule has 2 N–H and O–H groups in total. The Balaban J connectivity index is 1.79. The van der Waals surface area contributed by atoms with Gasteiger partial charge in [0.15, 0.2) is 0 Å². The van der Waals surface area contributed by atoms with E-state index in [-0.39, 0.29) is 0 Å². The second-order valence-corrected chi connectivity index (χ2v) is 5.72. The van der Waals surface area contributed by atoms with Gasteiger partial charge in [-0.25, -0.2) is 0 Å². The number of hydrogen-bond acceptors (Lipinski definition) is 2. The first-order chi connectivity index (χ1) is 8.79. The Morgan fingerprint density at radius 3 is 3.00 bits per heavy atom. The van der Waals surface area contributed by atoms with Crippen LogP contribution in [0, 0.1) is 11.8 Å². The van der Waals surface area contributed by atoms with E-state index in [1.54, 1.807) is 0 Å². The Labute approximate surface area is 111 Å². The first-order valence-corrected chi connectivity index (χ1v) is 7.45. The summed E-state index contributed by atoms with van der Waals surface area (Å²) in [5.74, 6) is 1.66. The van der Waals surface area contributed by atoms with Gasteiger partial charge in [0.2, 0.25) is 0 Å². The predicted molar refractivity (Wildman–Crippen MR) is 76.3 cm³/mol. The number of aryl methyl sites for hydroxylation is 1. The molecule has 1 aromatic heterocycles. The summed E-state index contributed by atoms with van der Waals surface area (Å²) in [5.41, 5.74) is 7.56. The topological polar surface area (TPSA) is 38.9 Å². The number of aromatic nitrogens is 1. The second-order valence-electron chi connectivity index (χ2n) is 5.72. The van der Waals surface area contributed by atoms with Gasteiger partial charge >= 0.3 is 0 Å². The normalized spacial score (nSPS) is 25.9. The molecule has 1 aromatic rings. The Hall–Kier alpha value is -0.890. The Morgan fingerprint density at radius 1 is 1.39 bits per heavy atom. The van der Waals surface area contributed by atoms with E-state index < -0.39 is 0 Å². The molecule has 0 radical (unpaired) electrons. The molecule has 18 heavy (non-hydrogen) atoms. The van der Waals surface area contributed by atoms with Crippen molar-refractivity contribution in [3.63, 3.8) is 0 Å². The molecule has 2 heteroatoms. The van der Waals surface area contributed by atoms with Crippen molar-refractivity contribution in [2.45, 2.75) is 57.9 Å². The molecule has 0 aliphatic heterocycles. The quantitative estimate of drug-likeness (QED) is 0.862. The van der Waals surface area contributed by atoms with E-state index >= 15 is 0 Å². The summed E-state index contributed by atoms with van der Waals surface area (Å²) in [6.07, 6.45) is 10.8. The molecular formula is C16H26N2. The van der Waals surface area contributed by atoms with Crippen molar-refractivity contribution in [3.05, 3.63) is 30.1 Å². The van der Waals surface area contributed by atoms with E-state index in [9.17, 15) is 0 Å². The molecule has 0 spiro atoms. The smallest absolute Gasteiger partial charge is 0.0404 e. The molecular weight excluding hydrogens is 220 g/mol. The lowest BCUT2D eigenvalue weighted by atomic mass is 9.76. The first kappa shape index (κ1) is 13.5. The van der Waals surface area contributed by atoms with Crippen LogP contribution in [0.15, 0.2) is 24.4 Å². The Bertz CT molecular complexity index is 336. The summed E-state index contributed by atoms with van der Waals surface area (Å²) in [5, 5.41) is 0. The molecule has 1 aliphatic carbocycles. The third-order valence-electron chi connectivity index (χ3n) is 4.47. The summed E-state index contributed by atoms with van der Waals surface area (Å²) in [4.78, 5) is 4.37. The third kappa shape index (κ3) is 3.81. The number of nitrogens with two attached hydrogens (primary N) is 1. The summed E-state index contributed by atoms with van der Waals surface area (Å²) < 4.78 is 0. The molecule has 1 saturated carbocycles. The minimum atomic E-state index is 0.362. The minimum absolute atomic E-state index is 0.362. The van der Waals surface area contributed by atoms with Crippen molar-refractivity contribution in [1.82, 2.24) is 4.98 Å². The zero-order chi connectivity index (χ0) is 12.8. The first-order valence-electron chi connectivity index (χ1n) is 7.45. The third-order valence-corrected chi connectivity index (χ3v) is 4.47. The predicted octanol–water partition coefficient (Wildman–Crippen LogP) is 3.56. The summed E-state index contributed by atoms with van der Waals surface area (Å²) in [6.45, 7) is 2.31. The number of nitrogens with zero attached hydrogens (tertiary/aromatic N) is 1. The maximum Gasteiger partial charge on any atom is 0.0404 e. The van der Waals surface area contributed by atoms with E-state index in [0.29, 0.717) is 6.04 Å². The zero-order valence-electron chi connectivity index (χ0n) is 11.5. The number of hydrogen-bond donors (Lipinski definition) is 1. The Morgan fingerprint density at radius 2 is 2.28 bits per heavy atom. The van der Waals surface area contributed by atoms with Crippen molar-refractivity contribution in [1.29, 1.82) is 0 Å². The molecule has 0 saturated heterocycles. The van der Waals surface area contributed by atoms with Gasteiger partial charge in [-0.15, -0.1) is 0 Å². The average molecular weight is 246 g/mol. The van der Waals surface area contributed by atoms with Crippen LogP contribution >= 0.6 is 0 Å². The lowest BCUT2D eigenvalue weighted by Crippen LogP contribution is -2.34. The van der Waals surface area contributed by atoms with Crippen LogP contribution in [0.3, 0.4) is 0 Å². The summed E-state index contributed by atoms with van der Waals surface area (Å²) in [7, 11) is 0. The van der Waals surface area contributed by atoms with Gasteiger partial charge in [0.1, 0.15) is 0 Å². The fraction of sp³-hybridized carbons (Fsp3) is 0.688. The molecule has 0 amide bonds. The van der Waals surface area contributed by atoms with Crippen LogP contribution in [0.4, 0.5) is 0 Å². The lowest BCUT2D eigenvalue weighted by Gasteiger charge is -2.32. The highest BCUT2D eigenvalue weighted by atomic mass is 14.7.